The first-order valence-corrected chi connectivity index (χ1v) is 10.9. The van der Waals surface area contributed by atoms with E-state index in [1.165, 1.54) is 0 Å². The Labute approximate surface area is 184 Å². The second-order valence-corrected chi connectivity index (χ2v) is 8.00. The van der Waals surface area contributed by atoms with Crippen LogP contribution in [-0.4, -0.2) is 44.0 Å². The Kier molecular flexibility index (Phi) is 7.93. The Hall–Kier alpha value is -3.02. The van der Waals surface area contributed by atoms with E-state index in [0.29, 0.717) is 43.5 Å². The van der Waals surface area contributed by atoms with Gasteiger partial charge in [0.2, 0.25) is 5.91 Å². The van der Waals surface area contributed by atoms with Crippen LogP contribution in [0.15, 0.2) is 48.5 Å². The molecule has 3 rings (SSSR count). The van der Waals surface area contributed by atoms with Crippen LogP contribution in [0.25, 0.3) is 0 Å². The number of amides is 2. The third-order valence-electron chi connectivity index (χ3n) is 6.11. The number of likely N-dealkylation sites (tertiary alicyclic amines) is 1. The van der Waals surface area contributed by atoms with E-state index in [2.05, 4.69) is 12.2 Å². The molecule has 0 aromatic heterocycles. The predicted molar refractivity (Wildman–Crippen MR) is 120 cm³/mol. The molecule has 6 heteroatoms. The van der Waals surface area contributed by atoms with E-state index in [4.69, 9.17) is 9.47 Å². The van der Waals surface area contributed by atoms with Crippen molar-refractivity contribution < 1.29 is 19.1 Å². The summed E-state index contributed by atoms with van der Waals surface area (Å²) in [6, 6.07) is 15.0. The molecule has 6 nitrogen and oxygen atoms in total. The molecule has 0 aliphatic carbocycles. The van der Waals surface area contributed by atoms with Gasteiger partial charge in [0.05, 0.1) is 14.2 Å². The average Bonchev–Trinajstić information content (AvgIpc) is 2.82. The van der Waals surface area contributed by atoms with Crippen molar-refractivity contribution in [2.45, 2.75) is 32.7 Å². The molecule has 0 spiro atoms. The van der Waals surface area contributed by atoms with Gasteiger partial charge in [0.15, 0.2) is 11.5 Å². The molecule has 0 saturated carbocycles. The third kappa shape index (κ3) is 5.78. The van der Waals surface area contributed by atoms with Gasteiger partial charge in [-0.25, -0.2) is 0 Å². The molecule has 1 aliphatic rings. The lowest BCUT2D eigenvalue weighted by molar-refractivity contribution is -0.123. The van der Waals surface area contributed by atoms with Gasteiger partial charge < -0.3 is 19.7 Å². The number of piperidine rings is 1. The largest absolute Gasteiger partial charge is 0.493 e. The highest BCUT2D eigenvalue weighted by molar-refractivity contribution is 5.94. The molecule has 2 amide bonds. The molecule has 1 aliphatic heterocycles. The molecule has 31 heavy (non-hydrogen) atoms. The molecule has 2 atom stereocenters. The molecule has 0 unspecified atom stereocenters. The number of rotatable bonds is 8. The molecular weight excluding hydrogens is 392 g/mol. The second kappa shape index (κ2) is 10.8. The van der Waals surface area contributed by atoms with Gasteiger partial charge in [0.1, 0.15) is 0 Å². The predicted octanol–water partition coefficient (Wildman–Crippen LogP) is 3.90. The lowest BCUT2D eigenvalue weighted by atomic mass is 9.81. The van der Waals surface area contributed by atoms with Crippen LogP contribution in [0.4, 0.5) is 0 Å². The standard InChI is InChI=1S/C25H32N2O4/c1-4-19-17-27(25(29)20-8-6-5-7-9-20)13-12-21(19)15-24(28)26-16-18-10-11-22(30-2)23(14-18)31-3/h5-11,14,19,21H,4,12-13,15-17H2,1-3H3,(H,26,28)/t19-,21-/m0/s1. The number of benzene rings is 2. The smallest absolute Gasteiger partial charge is 0.253 e. The van der Waals surface area contributed by atoms with Gasteiger partial charge in [0, 0.05) is 31.6 Å². The summed E-state index contributed by atoms with van der Waals surface area (Å²) in [6.07, 6.45) is 2.28. The first kappa shape index (κ1) is 22.7. The maximum Gasteiger partial charge on any atom is 0.253 e. The Morgan fingerprint density at radius 2 is 1.77 bits per heavy atom. The van der Waals surface area contributed by atoms with Crippen LogP contribution >= 0.6 is 0 Å². The molecule has 1 fully saturated rings. The molecule has 0 radical (unpaired) electrons. The lowest BCUT2D eigenvalue weighted by Gasteiger charge is -2.38. The number of carbonyl (C=O) groups excluding carboxylic acids is 2. The molecule has 1 heterocycles. The van der Waals surface area contributed by atoms with Crippen molar-refractivity contribution >= 4 is 11.8 Å². The first-order chi connectivity index (χ1) is 15.0. The number of nitrogens with one attached hydrogen (secondary N) is 1. The highest BCUT2D eigenvalue weighted by atomic mass is 16.5. The summed E-state index contributed by atoms with van der Waals surface area (Å²) >= 11 is 0. The quantitative estimate of drug-likeness (QED) is 0.698. The maximum atomic E-state index is 12.8. The fraction of sp³-hybridized carbons (Fsp3) is 0.440. The summed E-state index contributed by atoms with van der Waals surface area (Å²) in [4.78, 5) is 27.3. The van der Waals surface area contributed by atoms with Crippen LogP contribution in [-0.2, 0) is 11.3 Å². The zero-order valence-corrected chi connectivity index (χ0v) is 18.6. The highest BCUT2D eigenvalue weighted by Crippen LogP contribution is 2.30. The van der Waals surface area contributed by atoms with Gasteiger partial charge >= 0.3 is 0 Å². The Bertz CT molecular complexity index is 884. The molecule has 166 valence electrons. The average molecular weight is 425 g/mol. The molecule has 2 aromatic rings. The van der Waals surface area contributed by atoms with Crippen LogP contribution in [0, 0.1) is 11.8 Å². The monoisotopic (exact) mass is 424 g/mol. The fourth-order valence-electron chi connectivity index (χ4n) is 4.26. The molecule has 1 saturated heterocycles. The Morgan fingerprint density at radius 1 is 1.03 bits per heavy atom. The number of hydrogen-bond acceptors (Lipinski definition) is 4. The number of nitrogens with zero attached hydrogens (tertiary/aromatic N) is 1. The van der Waals surface area contributed by atoms with E-state index in [1.807, 2.05) is 53.4 Å². The van der Waals surface area contributed by atoms with Crippen molar-refractivity contribution in [3.05, 3.63) is 59.7 Å². The second-order valence-electron chi connectivity index (χ2n) is 8.00. The SMILES string of the molecule is CC[C@H]1CN(C(=O)c2ccccc2)CC[C@H]1CC(=O)NCc1ccc(OC)c(OC)c1. The fourth-order valence-corrected chi connectivity index (χ4v) is 4.26. The highest BCUT2D eigenvalue weighted by Gasteiger charge is 2.32. The van der Waals surface area contributed by atoms with Crippen molar-refractivity contribution in [2.75, 3.05) is 27.3 Å². The van der Waals surface area contributed by atoms with E-state index < -0.39 is 0 Å². The van der Waals surface area contributed by atoms with E-state index in [0.717, 1.165) is 24.0 Å². The van der Waals surface area contributed by atoms with Gasteiger partial charge in [-0.05, 0) is 48.1 Å². The maximum absolute atomic E-state index is 12.8. The van der Waals surface area contributed by atoms with Crippen molar-refractivity contribution in [2.24, 2.45) is 11.8 Å². The first-order valence-electron chi connectivity index (χ1n) is 10.9. The van der Waals surface area contributed by atoms with Crippen LogP contribution in [0.2, 0.25) is 0 Å². The number of methoxy groups -OCH3 is 2. The number of ether oxygens (including phenoxy) is 2. The van der Waals surface area contributed by atoms with Crippen LogP contribution in [0.1, 0.15) is 42.1 Å². The van der Waals surface area contributed by atoms with E-state index in [1.54, 1.807) is 14.2 Å². The Balaban J connectivity index is 1.53. The van der Waals surface area contributed by atoms with Gasteiger partial charge in [-0.2, -0.15) is 0 Å². The minimum absolute atomic E-state index is 0.0427. The van der Waals surface area contributed by atoms with Gasteiger partial charge in [0.25, 0.3) is 5.91 Å². The van der Waals surface area contributed by atoms with Gasteiger partial charge in [-0.15, -0.1) is 0 Å². The zero-order chi connectivity index (χ0) is 22.2. The van der Waals surface area contributed by atoms with Gasteiger partial charge in [-0.3, -0.25) is 9.59 Å². The molecule has 2 aromatic carbocycles. The van der Waals surface area contributed by atoms with Crippen molar-refractivity contribution in [3.8, 4) is 11.5 Å². The topological polar surface area (TPSA) is 67.9 Å². The minimum Gasteiger partial charge on any atom is -0.493 e. The van der Waals surface area contributed by atoms with Crippen molar-refractivity contribution in [1.29, 1.82) is 0 Å². The molecular formula is C25H32N2O4. The van der Waals surface area contributed by atoms with Crippen LogP contribution in [0.5, 0.6) is 11.5 Å². The van der Waals surface area contributed by atoms with Crippen LogP contribution < -0.4 is 14.8 Å². The zero-order valence-electron chi connectivity index (χ0n) is 18.6. The summed E-state index contributed by atoms with van der Waals surface area (Å²) in [5, 5.41) is 3.02. The number of hydrogen-bond donors (Lipinski definition) is 1. The van der Waals surface area contributed by atoms with E-state index in [9.17, 15) is 9.59 Å². The van der Waals surface area contributed by atoms with Crippen molar-refractivity contribution in [3.63, 3.8) is 0 Å². The van der Waals surface area contributed by atoms with Crippen molar-refractivity contribution in [1.82, 2.24) is 10.2 Å². The summed E-state index contributed by atoms with van der Waals surface area (Å²) < 4.78 is 10.6. The third-order valence-corrected chi connectivity index (χ3v) is 6.11. The number of carbonyl (C=O) groups is 2. The summed E-state index contributed by atoms with van der Waals surface area (Å²) in [7, 11) is 3.20. The van der Waals surface area contributed by atoms with E-state index >= 15 is 0 Å². The lowest BCUT2D eigenvalue weighted by Crippen LogP contribution is -2.44. The molecule has 0 bridgehead atoms. The summed E-state index contributed by atoms with van der Waals surface area (Å²) in [5.74, 6) is 2.05. The normalized spacial score (nSPS) is 18.4. The van der Waals surface area contributed by atoms with Gasteiger partial charge in [-0.1, -0.05) is 37.6 Å². The summed E-state index contributed by atoms with van der Waals surface area (Å²) in [6.45, 7) is 3.98. The van der Waals surface area contributed by atoms with E-state index in [-0.39, 0.29) is 17.7 Å². The Morgan fingerprint density at radius 3 is 2.45 bits per heavy atom. The van der Waals surface area contributed by atoms with Crippen LogP contribution in [0.3, 0.4) is 0 Å². The summed E-state index contributed by atoms with van der Waals surface area (Å²) in [5.41, 5.74) is 1.68. The minimum atomic E-state index is 0.0427. The molecule has 1 N–H and O–H groups in total.